The molecule has 2 rings (SSSR count). The maximum absolute atomic E-state index is 13.3. The smallest absolute Gasteiger partial charge is 0.149 e. The number of nitrogens with zero attached hydrogens (tertiary/aromatic N) is 2. The van der Waals surface area contributed by atoms with Crippen LogP contribution in [0.3, 0.4) is 0 Å². The molecule has 1 heterocycles. The quantitative estimate of drug-likeness (QED) is 0.822. The van der Waals surface area contributed by atoms with Crippen LogP contribution < -0.4 is 10.5 Å². The molecule has 108 valence electrons. The van der Waals surface area contributed by atoms with Gasteiger partial charge < -0.3 is 10.5 Å². The van der Waals surface area contributed by atoms with Gasteiger partial charge in [-0.15, -0.1) is 0 Å². The van der Waals surface area contributed by atoms with Crippen molar-refractivity contribution in [3.8, 4) is 5.75 Å². The van der Waals surface area contributed by atoms with E-state index in [1.807, 2.05) is 16.9 Å². The highest BCUT2D eigenvalue weighted by atomic mass is 19.1. The molecule has 5 heteroatoms. The first kappa shape index (κ1) is 14.4. The Kier molecular flexibility index (Phi) is 4.61. The number of ether oxygens (including phenoxy) is 1. The molecular weight excluding hydrogens is 257 g/mol. The fourth-order valence-electron chi connectivity index (χ4n) is 2.08. The topological polar surface area (TPSA) is 53.1 Å². The summed E-state index contributed by atoms with van der Waals surface area (Å²) in [4.78, 5) is 0. The Labute approximate surface area is 118 Å². The normalized spacial score (nSPS) is 11.0. The van der Waals surface area contributed by atoms with Crippen molar-refractivity contribution in [1.29, 1.82) is 0 Å². The van der Waals surface area contributed by atoms with Crippen LogP contribution in [-0.4, -0.2) is 9.78 Å². The van der Waals surface area contributed by atoms with Crippen LogP contribution in [0.2, 0.25) is 0 Å². The minimum atomic E-state index is -0.468. The molecule has 4 nitrogen and oxygen atoms in total. The molecule has 0 bridgehead atoms. The molecule has 20 heavy (non-hydrogen) atoms. The van der Waals surface area contributed by atoms with Gasteiger partial charge in [-0.2, -0.15) is 5.10 Å². The van der Waals surface area contributed by atoms with Crippen LogP contribution >= 0.6 is 0 Å². The van der Waals surface area contributed by atoms with E-state index in [1.54, 1.807) is 6.07 Å². The molecule has 2 aromatic rings. The van der Waals surface area contributed by atoms with E-state index in [0.29, 0.717) is 18.4 Å². The first-order valence-corrected chi connectivity index (χ1v) is 6.85. The monoisotopic (exact) mass is 277 g/mol. The van der Waals surface area contributed by atoms with Crippen molar-refractivity contribution in [3.63, 3.8) is 0 Å². The summed E-state index contributed by atoms with van der Waals surface area (Å²) in [6.07, 6.45) is 4.04. The van der Waals surface area contributed by atoms with Crippen molar-refractivity contribution < 1.29 is 9.13 Å². The standard InChI is InChI=1S/C15H20FN3O/c1-3-12(4-2)19-8-7-11(18-19)10-20-13-5-6-15(17)14(16)9-13/h5-9,12H,3-4,10,17H2,1-2H3. The van der Waals surface area contributed by atoms with Crippen LogP contribution in [0.15, 0.2) is 30.5 Å². The van der Waals surface area contributed by atoms with Gasteiger partial charge in [-0.25, -0.2) is 4.39 Å². The average molecular weight is 277 g/mol. The summed E-state index contributed by atoms with van der Waals surface area (Å²) < 4.78 is 20.8. The van der Waals surface area contributed by atoms with Gasteiger partial charge in [-0.1, -0.05) is 13.8 Å². The first-order valence-electron chi connectivity index (χ1n) is 6.85. The summed E-state index contributed by atoms with van der Waals surface area (Å²) >= 11 is 0. The van der Waals surface area contributed by atoms with Gasteiger partial charge in [0.1, 0.15) is 18.2 Å². The third-order valence-electron chi connectivity index (χ3n) is 3.34. The Hall–Kier alpha value is -2.04. The largest absolute Gasteiger partial charge is 0.487 e. The minimum Gasteiger partial charge on any atom is -0.487 e. The lowest BCUT2D eigenvalue weighted by atomic mass is 10.2. The van der Waals surface area contributed by atoms with Crippen LogP contribution in [0.25, 0.3) is 0 Å². The first-order chi connectivity index (χ1) is 9.63. The molecule has 0 amide bonds. The molecule has 0 spiro atoms. The van der Waals surface area contributed by atoms with Crippen molar-refractivity contribution in [1.82, 2.24) is 9.78 Å². The lowest BCUT2D eigenvalue weighted by molar-refractivity contribution is 0.296. The fraction of sp³-hybridized carbons (Fsp3) is 0.400. The van der Waals surface area contributed by atoms with E-state index in [9.17, 15) is 4.39 Å². The van der Waals surface area contributed by atoms with E-state index in [0.717, 1.165) is 18.5 Å². The highest BCUT2D eigenvalue weighted by Gasteiger charge is 2.08. The zero-order chi connectivity index (χ0) is 14.5. The molecule has 0 unspecified atom stereocenters. The second-order valence-corrected chi connectivity index (χ2v) is 4.73. The van der Waals surface area contributed by atoms with Crippen LogP contribution in [0, 0.1) is 5.82 Å². The van der Waals surface area contributed by atoms with Gasteiger partial charge in [0.15, 0.2) is 0 Å². The number of aromatic nitrogens is 2. The Balaban J connectivity index is 1.98. The van der Waals surface area contributed by atoms with Crippen LogP contribution in [-0.2, 0) is 6.61 Å². The van der Waals surface area contributed by atoms with E-state index in [2.05, 4.69) is 18.9 Å². The minimum absolute atomic E-state index is 0.121. The molecule has 0 aliphatic heterocycles. The van der Waals surface area contributed by atoms with Gasteiger partial charge in [-0.05, 0) is 31.0 Å². The number of benzene rings is 1. The summed E-state index contributed by atoms with van der Waals surface area (Å²) in [6.45, 7) is 4.60. The van der Waals surface area contributed by atoms with E-state index >= 15 is 0 Å². The predicted molar refractivity (Wildman–Crippen MR) is 77.0 cm³/mol. The lowest BCUT2D eigenvalue weighted by Gasteiger charge is -2.12. The molecule has 0 aliphatic rings. The van der Waals surface area contributed by atoms with E-state index in [-0.39, 0.29) is 5.69 Å². The van der Waals surface area contributed by atoms with Gasteiger partial charge in [-0.3, -0.25) is 4.68 Å². The van der Waals surface area contributed by atoms with Crippen LogP contribution in [0.4, 0.5) is 10.1 Å². The SMILES string of the molecule is CCC(CC)n1ccc(COc2ccc(N)c(F)c2)n1. The van der Waals surface area contributed by atoms with E-state index in [4.69, 9.17) is 10.5 Å². The van der Waals surface area contributed by atoms with Gasteiger partial charge in [0.2, 0.25) is 0 Å². The molecule has 0 aliphatic carbocycles. The highest BCUT2D eigenvalue weighted by Crippen LogP contribution is 2.19. The van der Waals surface area contributed by atoms with Crippen LogP contribution in [0.5, 0.6) is 5.75 Å². The zero-order valence-corrected chi connectivity index (χ0v) is 11.8. The number of hydrogen-bond donors (Lipinski definition) is 1. The van der Waals surface area contributed by atoms with Crippen molar-refractivity contribution in [2.75, 3.05) is 5.73 Å². The number of nitrogens with two attached hydrogens (primary N) is 1. The number of halogens is 1. The Morgan fingerprint density at radius 3 is 2.70 bits per heavy atom. The highest BCUT2D eigenvalue weighted by molar-refractivity contribution is 5.43. The van der Waals surface area contributed by atoms with Gasteiger partial charge in [0, 0.05) is 12.3 Å². The van der Waals surface area contributed by atoms with Gasteiger partial charge >= 0.3 is 0 Å². The third-order valence-corrected chi connectivity index (χ3v) is 3.34. The summed E-state index contributed by atoms with van der Waals surface area (Å²) in [5.41, 5.74) is 6.37. The molecule has 2 N–H and O–H groups in total. The third kappa shape index (κ3) is 3.29. The predicted octanol–water partition coefficient (Wildman–Crippen LogP) is 3.54. The molecule has 1 aromatic carbocycles. The van der Waals surface area contributed by atoms with Crippen molar-refractivity contribution in [2.24, 2.45) is 0 Å². The van der Waals surface area contributed by atoms with Crippen LogP contribution in [0.1, 0.15) is 38.4 Å². The molecule has 0 fully saturated rings. The summed E-state index contributed by atoms with van der Waals surface area (Å²) in [5, 5.41) is 4.48. The Bertz CT molecular complexity index is 564. The zero-order valence-electron chi connectivity index (χ0n) is 11.8. The molecule has 0 atom stereocenters. The van der Waals surface area contributed by atoms with Crippen molar-refractivity contribution >= 4 is 5.69 Å². The maximum Gasteiger partial charge on any atom is 0.149 e. The van der Waals surface area contributed by atoms with E-state index in [1.165, 1.54) is 12.1 Å². The second kappa shape index (κ2) is 6.41. The van der Waals surface area contributed by atoms with E-state index < -0.39 is 5.82 Å². The number of rotatable bonds is 6. The van der Waals surface area contributed by atoms with Gasteiger partial charge in [0.05, 0.1) is 17.4 Å². The molecule has 0 radical (unpaired) electrons. The summed E-state index contributed by atoms with van der Waals surface area (Å²) in [5.74, 6) is -0.0150. The number of hydrogen-bond acceptors (Lipinski definition) is 3. The Morgan fingerprint density at radius 2 is 2.05 bits per heavy atom. The summed E-state index contributed by atoms with van der Waals surface area (Å²) in [7, 11) is 0. The van der Waals surface area contributed by atoms with Crippen molar-refractivity contribution in [2.45, 2.75) is 39.3 Å². The molecule has 0 saturated carbocycles. The van der Waals surface area contributed by atoms with Crippen molar-refractivity contribution in [3.05, 3.63) is 42.0 Å². The maximum atomic E-state index is 13.3. The lowest BCUT2D eigenvalue weighted by Crippen LogP contribution is -2.08. The number of anilines is 1. The van der Waals surface area contributed by atoms with Gasteiger partial charge in [0.25, 0.3) is 0 Å². The fourth-order valence-corrected chi connectivity index (χ4v) is 2.08. The molecule has 0 saturated heterocycles. The second-order valence-electron chi connectivity index (χ2n) is 4.73. The molecular formula is C15H20FN3O. The number of nitrogen functional groups attached to an aromatic ring is 1. The Morgan fingerprint density at radius 1 is 1.30 bits per heavy atom. The average Bonchev–Trinajstić information content (AvgIpc) is 2.90. The summed E-state index contributed by atoms with van der Waals surface area (Å²) in [6, 6.07) is 6.76. The molecule has 1 aromatic heterocycles.